The van der Waals surface area contributed by atoms with Gasteiger partial charge in [0.15, 0.2) is 11.5 Å². The molecule has 2 amide bonds. The minimum Gasteiger partial charge on any atom is -0.493 e. The van der Waals surface area contributed by atoms with E-state index in [9.17, 15) is 24.6 Å². The van der Waals surface area contributed by atoms with Crippen molar-refractivity contribution >= 4 is 40.7 Å². The number of fused-ring (bicyclic) bond motifs is 2. The van der Waals surface area contributed by atoms with Crippen molar-refractivity contribution < 1.29 is 38.8 Å². The summed E-state index contributed by atoms with van der Waals surface area (Å²) in [6.07, 6.45) is 3.52. The van der Waals surface area contributed by atoms with Gasteiger partial charge in [-0.1, -0.05) is 13.8 Å². The third-order valence-corrected chi connectivity index (χ3v) is 10.2. The van der Waals surface area contributed by atoms with Crippen LogP contribution in [0, 0.1) is 26.7 Å². The second-order valence-electron chi connectivity index (χ2n) is 12.0. The monoisotopic (exact) mass is 698 g/mol. The molecule has 3 N–H and O–H groups in total. The van der Waals surface area contributed by atoms with Crippen LogP contribution in [0.15, 0.2) is 23.8 Å². The van der Waals surface area contributed by atoms with Crippen LogP contribution in [0.4, 0.5) is 0 Å². The average molecular weight is 699 g/mol. The summed E-state index contributed by atoms with van der Waals surface area (Å²) in [6, 6.07) is 2.44. The number of nitrogens with zero attached hydrogens (tertiary/aromatic N) is 1. The number of aldehydes is 1. The lowest BCUT2D eigenvalue weighted by molar-refractivity contribution is -0.152. The minimum absolute atomic E-state index is 0.0702. The normalized spacial score (nSPS) is 27.7. The number of nitrogens with one attached hydrogen (secondary N) is 1. The van der Waals surface area contributed by atoms with Gasteiger partial charge in [0, 0.05) is 37.3 Å². The van der Waals surface area contributed by atoms with Gasteiger partial charge in [-0.25, -0.2) is 0 Å². The van der Waals surface area contributed by atoms with E-state index in [1.165, 1.54) is 7.11 Å². The minimum atomic E-state index is -1.16. The molecule has 4 aliphatic rings. The van der Waals surface area contributed by atoms with Crippen LogP contribution < -0.4 is 14.8 Å². The van der Waals surface area contributed by atoms with E-state index in [1.54, 1.807) is 23.1 Å². The molecule has 10 nitrogen and oxygen atoms in total. The third kappa shape index (κ3) is 6.79. The quantitative estimate of drug-likeness (QED) is 0.212. The molecule has 232 valence electrons. The van der Waals surface area contributed by atoms with E-state index >= 15 is 0 Å². The molecular formula is C31H43IN2O8. The van der Waals surface area contributed by atoms with Gasteiger partial charge in [0.05, 0.1) is 23.3 Å². The van der Waals surface area contributed by atoms with Crippen LogP contribution in [0.2, 0.25) is 0 Å². The highest BCUT2D eigenvalue weighted by Gasteiger charge is 2.55. The lowest BCUT2D eigenvalue weighted by Gasteiger charge is -2.61. The summed E-state index contributed by atoms with van der Waals surface area (Å²) in [5, 5.41) is 23.8. The van der Waals surface area contributed by atoms with Crippen molar-refractivity contribution in [1.82, 2.24) is 10.2 Å². The molecule has 6 atom stereocenters. The number of aliphatic hydroxyl groups is 2. The van der Waals surface area contributed by atoms with Gasteiger partial charge in [0.1, 0.15) is 25.1 Å². The van der Waals surface area contributed by atoms with Crippen LogP contribution in [0.5, 0.6) is 11.5 Å². The van der Waals surface area contributed by atoms with Gasteiger partial charge in [-0.05, 0) is 90.2 Å². The first kappa shape index (κ1) is 32.7. The maximum atomic E-state index is 13.7. The summed E-state index contributed by atoms with van der Waals surface area (Å²) in [5.41, 5.74) is 0.973. The Morgan fingerprint density at radius 1 is 1.26 bits per heavy atom. The zero-order valence-electron chi connectivity index (χ0n) is 24.8. The number of carbonyl (C=O) groups excluding carboxylic acids is 3. The fourth-order valence-electron chi connectivity index (χ4n) is 6.97. The number of benzene rings is 1. The molecule has 0 saturated heterocycles. The Labute approximate surface area is 261 Å². The van der Waals surface area contributed by atoms with Crippen molar-refractivity contribution in [3.05, 3.63) is 32.9 Å². The fourth-order valence-corrected chi connectivity index (χ4v) is 7.72. The van der Waals surface area contributed by atoms with Gasteiger partial charge >= 0.3 is 0 Å². The molecule has 4 aliphatic carbocycles. The summed E-state index contributed by atoms with van der Waals surface area (Å²) in [7, 11) is 1.46. The van der Waals surface area contributed by atoms with E-state index < -0.39 is 24.2 Å². The van der Waals surface area contributed by atoms with E-state index in [4.69, 9.17) is 14.2 Å². The second kappa shape index (κ2) is 14.0. The number of hydrogen-bond donors (Lipinski definition) is 3. The van der Waals surface area contributed by atoms with Crippen LogP contribution in [0.25, 0.3) is 0 Å². The van der Waals surface area contributed by atoms with Gasteiger partial charge in [-0.3, -0.25) is 14.4 Å². The third-order valence-electron chi connectivity index (χ3n) is 9.44. The highest BCUT2D eigenvalue weighted by molar-refractivity contribution is 14.1. The summed E-state index contributed by atoms with van der Waals surface area (Å²) < 4.78 is 17.9. The largest absolute Gasteiger partial charge is 0.493 e. The molecule has 2 bridgehead atoms. The Kier molecular flexibility index (Phi) is 10.9. The number of ether oxygens (including phenoxy) is 3. The van der Waals surface area contributed by atoms with Crippen molar-refractivity contribution in [2.24, 2.45) is 23.2 Å². The van der Waals surface area contributed by atoms with E-state index in [-0.39, 0.29) is 43.4 Å². The van der Waals surface area contributed by atoms with Crippen molar-refractivity contribution in [2.75, 3.05) is 40.0 Å². The van der Waals surface area contributed by atoms with Gasteiger partial charge in [0.25, 0.3) is 0 Å². The summed E-state index contributed by atoms with van der Waals surface area (Å²) in [5.74, 6) is 1.46. The van der Waals surface area contributed by atoms with Gasteiger partial charge in [-0.15, -0.1) is 0 Å². The molecule has 1 aromatic rings. The average Bonchev–Trinajstić information content (AvgIpc) is 2.99. The molecule has 0 heterocycles. The first-order chi connectivity index (χ1) is 20.0. The zero-order valence-corrected chi connectivity index (χ0v) is 27.0. The Morgan fingerprint density at radius 2 is 2.02 bits per heavy atom. The number of aliphatic hydroxyl groups excluding tert-OH is 2. The molecule has 0 aliphatic heterocycles. The standard InChI is InChI=1S/C31H43IN2O8/c1-5-41-17-27(37)34(15-19-6-7-21-14-22(19)31(21,2)3)24-12-20(30(39)33-8-9-35)13-25(28(24)38)42-29-23(32)10-18(16-36)11-26(29)40-4/h10-11,13,16,19,21-22,24-25,28,35,38H,5-9,12,14-15,17H2,1-4H3,(H,33,39). The number of halogens is 1. The molecular weight excluding hydrogens is 655 g/mol. The number of carbonyl (C=O) groups is 3. The van der Waals surface area contributed by atoms with Crippen molar-refractivity contribution in [1.29, 1.82) is 0 Å². The maximum absolute atomic E-state index is 13.7. The SMILES string of the molecule is CCOCC(=O)N(CC1CCC2CC1C2(C)C)C1CC(C(=O)NCCO)=CC(Oc2c(I)cc(C=O)cc2OC)C1O. The molecule has 1 aromatic carbocycles. The molecule has 11 heteroatoms. The van der Waals surface area contributed by atoms with Crippen LogP contribution >= 0.6 is 22.6 Å². The lowest BCUT2D eigenvalue weighted by atomic mass is 9.45. The molecule has 3 fully saturated rings. The van der Waals surface area contributed by atoms with Crippen molar-refractivity contribution in [3.63, 3.8) is 0 Å². The molecule has 3 saturated carbocycles. The van der Waals surface area contributed by atoms with Crippen LogP contribution in [-0.4, -0.2) is 91.5 Å². The smallest absolute Gasteiger partial charge is 0.248 e. The van der Waals surface area contributed by atoms with Gasteiger partial charge < -0.3 is 34.6 Å². The van der Waals surface area contributed by atoms with E-state index in [2.05, 4.69) is 19.2 Å². The second-order valence-corrected chi connectivity index (χ2v) is 13.2. The van der Waals surface area contributed by atoms with Crippen molar-refractivity contribution in [2.45, 2.75) is 64.7 Å². The summed E-state index contributed by atoms with van der Waals surface area (Å²) in [6.45, 7) is 7.01. The molecule has 0 spiro atoms. The van der Waals surface area contributed by atoms with Gasteiger partial charge in [0.2, 0.25) is 11.8 Å². The first-order valence-electron chi connectivity index (χ1n) is 14.7. The Morgan fingerprint density at radius 3 is 2.64 bits per heavy atom. The topological polar surface area (TPSA) is 135 Å². The van der Waals surface area contributed by atoms with E-state index in [1.807, 2.05) is 29.5 Å². The number of rotatable bonds is 13. The van der Waals surface area contributed by atoms with Crippen LogP contribution in [0.3, 0.4) is 0 Å². The van der Waals surface area contributed by atoms with Gasteiger partial charge in [-0.2, -0.15) is 0 Å². The summed E-state index contributed by atoms with van der Waals surface area (Å²) in [4.78, 5) is 40.0. The molecule has 6 unspecified atom stereocenters. The van der Waals surface area contributed by atoms with E-state index in [0.717, 1.165) is 19.3 Å². The van der Waals surface area contributed by atoms with E-state index in [0.29, 0.717) is 57.5 Å². The number of methoxy groups -OCH3 is 1. The molecule has 0 radical (unpaired) electrons. The Balaban J connectivity index is 1.69. The molecule has 5 rings (SSSR count). The first-order valence-corrected chi connectivity index (χ1v) is 15.8. The van der Waals surface area contributed by atoms with Crippen LogP contribution in [-0.2, 0) is 14.3 Å². The Bertz CT molecular complexity index is 1190. The van der Waals surface area contributed by atoms with Crippen molar-refractivity contribution in [3.8, 4) is 11.5 Å². The summed E-state index contributed by atoms with van der Waals surface area (Å²) >= 11 is 2.03. The predicted molar refractivity (Wildman–Crippen MR) is 164 cm³/mol. The number of amides is 2. The molecule has 0 aromatic heterocycles. The fraction of sp³-hybridized carbons (Fsp3) is 0.645. The predicted octanol–water partition coefficient (Wildman–Crippen LogP) is 2.97. The molecule has 42 heavy (non-hydrogen) atoms. The maximum Gasteiger partial charge on any atom is 0.248 e. The zero-order chi connectivity index (χ0) is 30.6. The lowest BCUT2D eigenvalue weighted by Crippen LogP contribution is -2.60. The highest BCUT2D eigenvalue weighted by Crippen LogP contribution is 2.61. The Hall–Kier alpha value is -2.22. The van der Waals surface area contributed by atoms with Crippen LogP contribution in [0.1, 0.15) is 56.8 Å². The number of hydrogen-bond acceptors (Lipinski definition) is 8. The highest BCUT2D eigenvalue weighted by atomic mass is 127.